The molecule has 1 fully saturated rings. The predicted octanol–water partition coefficient (Wildman–Crippen LogP) is 3.05. The summed E-state index contributed by atoms with van der Waals surface area (Å²) in [7, 11) is 0. The van der Waals surface area contributed by atoms with E-state index in [1.807, 2.05) is 0 Å². The van der Waals surface area contributed by atoms with Gasteiger partial charge < -0.3 is 5.32 Å². The summed E-state index contributed by atoms with van der Waals surface area (Å²) in [5.41, 5.74) is 0. The predicted molar refractivity (Wildman–Crippen MR) is 62.4 cm³/mol. The Balaban J connectivity index is 2.17. The number of rotatable bonds is 5. The van der Waals surface area contributed by atoms with Crippen molar-refractivity contribution in [2.75, 3.05) is 5.75 Å². The molecule has 0 saturated heterocycles. The summed E-state index contributed by atoms with van der Waals surface area (Å²) in [4.78, 5) is 0. The summed E-state index contributed by atoms with van der Waals surface area (Å²) in [5, 5.41) is 4.64. The van der Waals surface area contributed by atoms with Crippen LogP contribution in [0, 0.1) is 0 Å². The maximum Gasteiger partial charge on any atom is 0.00804 e. The van der Waals surface area contributed by atoms with Crippen molar-refractivity contribution in [1.29, 1.82) is 0 Å². The normalized spacial score (nSPS) is 30.7. The minimum absolute atomic E-state index is 0.704. The summed E-state index contributed by atoms with van der Waals surface area (Å²) in [6, 6.07) is 1.51. The zero-order chi connectivity index (χ0) is 9.68. The highest BCUT2D eigenvalue weighted by Gasteiger charge is 2.24. The number of hydrogen-bond donors (Lipinski definition) is 1. The molecule has 13 heavy (non-hydrogen) atoms. The molecule has 0 bridgehead atoms. The second kappa shape index (κ2) is 5.92. The standard InChI is InChI=1S/C11H23NS/c1-4-9(3)12-10-6-7-11(8-10)13-5-2/h9-12H,4-8H2,1-3H3. The smallest absolute Gasteiger partial charge is 0.00804 e. The van der Waals surface area contributed by atoms with Gasteiger partial charge in [0, 0.05) is 17.3 Å². The van der Waals surface area contributed by atoms with E-state index in [-0.39, 0.29) is 0 Å². The van der Waals surface area contributed by atoms with Gasteiger partial charge in [-0.1, -0.05) is 13.8 Å². The monoisotopic (exact) mass is 201 g/mol. The molecule has 0 spiro atoms. The molecular weight excluding hydrogens is 178 g/mol. The van der Waals surface area contributed by atoms with Crippen molar-refractivity contribution >= 4 is 11.8 Å². The third-order valence-corrected chi connectivity index (χ3v) is 4.15. The number of thioether (sulfide) groups is 1. The van der Waals surface area contributed by atoms with Crippen LogP contribution in [-0.2, 0) is 0 Å². The van der Waals surface area contributed by atoms with E-state index in [1.54, 1.807) is 0 Å². The van der Waals surface area contributed by atoms with E-state index in [0.717, 1.165) is 11.3 Å². The summed E-state index contributed by atoms with van der Waals surface area (Å²) in [5.74, 6) is 1.28. The second-order valence-electron chi connectivity index (χ2n) is 4.06. The van der Waals surface area contributed by atoms with Crippen molar-refractivity contribution < 1.29 is 0 Å². The van der Waals surface area contributed by atoms with Gasteiger partial charge in [-0.3, -0.25) is 0 Å². The highest BCUT2D eigenvalue weighted by atomic mass is 32.2. The van der Waals surface area contributed by atoms with Gasteiger partial charge in [-0.25, -0.2) is 0 Å². The van der Waals surface area contributed by atoms with Crippen molar-refractivity contribution in [2.45, 2.75) is 63.8 Å². The summed E-state index contributed by atoms with van der Waals surface area (Å²) in [6.45, 7) is 6.81. The minimum Gasteiger partial charge on any atom is -0.311 e. The van der Waals surface area contributed by atoms with Gasteiger partial charge in [0.1, 0.15) is 0 Å². The fourth-order valence-electron chi connectivity index (χ4n) is 2.00. The van der Waals surface area contributed by atoms with Crippen LogP contribution in [0.2, 0.25) is 0 Å². The molecule has 0 aromatic carbocycles. The Morgan fingerprint density at radius 1 is 1.38 bits per heavy atom. The summed E-state index contributed by atoms with van der Waals surface area (Å²) >= 11 is 2.14. The van der Waals surface area contributed by atoms with Gasteiger partial charge in [-0.15, -0.1) is 0 Å². The van der Waals surface area contributed by atoms with Crippen LogP contribution in [0.5, 0.6) is 0 Å². The molecule has 0 amide bonds. The van der Waals surface area contributed by atoms with Crippen LogP contribution in [0.4, 0.5) is 0 Å². The van der Waals surface area contributed by atoms with E-state index >= 15 is 0 Å². The molecule has 1 rings (SSSR count). The van der Waals surface area contributed by atoms with Crippen LogP contribution in [0.3, 0.4) is 0 Å². The first kappa shape index (κ1) is 11.4. The molecule has 1 aliphatic rings. The van der Waals surface area contributed by atoms with Crippen LogP contribution in [0.25, 0.3) is 0 Å². The Morgan fingerprint density at radius 3 is 2.77 bits per heavy atom. The van der Waals surface area contributed by atoms with E-state index < -0.39 is 0 Å². The molecule has 0 radical (unpaired) electrons. The number of hydrogen-bond acceptors (Lipinski definition) is 2. The second-order valence-corrected chi connectivity index (χ2v) is 5.64. The lowest BCUT2D eigenvalue weighted by Crippen LogP contribution is -2.34. The molecule has 2 heteroatoms. The van der Waals surface area contributed by atoms with Gasteiger partial charge >= 0.3 is 0 Å². The molecule has 0 aromatic rings. The van der Waals surface area contributed by atoms with Crippen LogP contribution in [0.15, 0.2) is 0 Å². The van der Waals surface area contributed by atoms with Gasteiger partial charge in [-0.2, -0.15) is 11.8 Å². The van der Waals surface area contributed by atoms with Crippen molar-refractivity contribution in [3.05, 3.63) is 0 Å². The van der Waals surface area contributed by atoms with Gasteiger partial charge in [0.25, 0.3) is 0 Å². The van der Waals surface area contributed by atoms with Crippen LogP contribution in [0.1, 0.15) is 46.5 Å². The van der Waals surface area contributed by atoms with Gasteiger partial charge in [0.15, 0.2) is 0 Å². The van der Waals surface area contributed by atoms with E-state index in [2.05, 4.69) is 37.8 Å². The summed E-state index contributed by atoms with van der Waals surface area (Å²) in [6.07, 6.45) is 5.46. The highest BCUT2D eigenvalue weighted by molar-refractivity contribution is 7.99. The molecular formula is C11H23NS. The van der Waals surface area contributed by atoms with E-state index in [4.69, 9.17) is 0 Å². The number of nitrogens with one attached hydrogen (secondary N) is 1. The lowest BCUT2D eigenvalue weighted by atomic mass is 10.2. The zero-order valence-electron chi connectivity index (χ0n) is 9.18. The Kier molecular flexibility index (Phi) is 5.18. The Bertz CT molecular complexity index is 138. The molecule has 0 aliphatic heterocycles. The lowest BCUT2D eigenvalue weighted by molar-refractivity contribution is 0.442. The molecule has 78 valence electrons. The van der Waals surface area contributed by atoms with Crippen LogP contribution < -0.4 is 5.32 Å². The summed E-state index contributed by atoms with van der Waals surface area (Å²) < 4.78 is 0. The van der Waals surface area contributed by atoms with Crippen LogP contribution >= 0.6 is 11.8 Å². The quantitative estimate of drug-likeness (QED) is 0.734. The molecule has 3 unspecified atom stereocenters. The first-order valence-corrected chi connectivity index (χ1v) is 6.68. The highest BCUT2D eigenvalue weighted by Crippen LogP contribution is 2.29. The molecule has 0 aromatic heterocycles. The lowest BCUT2D eigenvalue weighted by Gasteiger charge is -2.18. The maximum atomic E-state index is 3.70. The average molecular weight is 201 g/mol. The maximum absolute atomic E-state index is 3.70. The zero-order valence-corrected chi connectivity index (χ0v) is 9.99. The van der Waals surface area contributed by atoms with Crippen molar-refractivity contribution in [3.63, 3.8) is 0 Å². The van der Waals surface area contributed by atoms with Gasteiger partial charge in [0.2, 0.25) is 0 Å². The van der Waals surface area contributed by atoms with Crippen molar-refractivity contribution in [1.82, 2.24) is 5.32 Å². The topological polar surface area (TPSA) is 12.0 Å². The minimum atomic E-state index is 0.704. The van der Waals surface area contributed by atoms with Crippen LogP contribution in [-0.4, -0.2) is 23.1 Å². The molecule has 1 aliphatic carbocycles. The Labute approximate surface area is 87.1 Å². The van der Waals surface area contributed by atoms with E-state index in [0.29, 0.717) is 6.04 Å². The van der Waals surface area contributed by atoms with Crippen molar-refractivity contribution in [2.24, 2.45) is 0 Å². The third-order valence-electron chi connectivity index (χ3n) is 2.92. The van der Waals surface area contributed by atoms with Gasteiger partial charge in [-0.05, 0) is 38.4 Å². The fourth-order valence-corrected chi connectivity index (χ4v) is 3.14. The fraction of sp³-hybridized carbons (Fsp3) is 1.00. The Hall–Kier alpha value is 0.310. The van der Waals surface area contributed by atoms with Gasteiger partial charge in [0.05, 0.1) is 0 Å². The van der Waals surface area contributed by atoms with E-state index in [9.17, 15) is 0 Å². The average Bonchev–Trinajstić information content (AvgIpc) is 2.53. The first-order chi connectivity index (χ1) is 6.26. The molecule has 0 heterocycles. The molecule has 1 N–H and O–H groups in total. The Morgan fingerprint density at radius 2 is 2.15 bits per heavy atom. The third kappa shape index (κ3) is 3.90. The SMILES string of the molecule is CCSC1CCC(NC(C)CC)C1. The van der Waals surface area contributed by atoms with E-state index in [1.165, 1.54) is 31.4 Å². The molecule has 3 atom stereocenters. The molecule has 1 nitrogen and oxygen atoms in total. The van der Waals surface area contributed by atoms with Crippen molar-refractivity contribution in [3.8, 4) is 0 Å². The molecule has 1 saturated carbocycles. The largest absolute Gasteiger partial charge is 0.311 e. The first-order valence-electron chi connectivity index (χ1n) is 5.63.